The van der Waals surface area contributed by atoms with Crippen molar-refractivity contribution in [2.24, 2.45) is 23.3 Å². The molecule has 2 aromatic carbocycles. The molecule has 0 radical (unpaired) electrons. The van der Waals surface area contributed by atoms with Crippen LogP contribution in [0.5, 0.6) is 5.75 Å². The Kier molecular flexibility index (Phi) is 5.04. The summed E-state index contributed by atoms with van der Waals surface area (Å²) in [7, 11) is 0. The molecule has 0 aliphatic heterocycles. The molecular formula is C27H27N3O7. The summed E-state index contributed by atoms with van der Waals surface area (Å²) in [6.07, 6.45) is 2.49. The Morgan fingerprint density at radius 2 is 1.86 bits per heavy atom. The highest BCUT2D eigenvalue weighted by Crippen LogP contribution is 2.52. The van der Waals surface area contributed by atoms with Crippen molar-refractivity contribution in [2.45, 2.75) is 49.9 Å². The maximum absolute atomic E-state index is 13.7. The van der Waals surface area contributed by atoms with Gasteiger partial charge in [-0.25, -0.2) is 0 Å². The maximum Gasteiger partial charge on any atom is 0.255 e. The minimum atomic E-state index is -2.71. The lowest BCUT2D eigenvalue weighted by Crippen LogP contribution is -2.65. The number of carbonyl (C=O) groups is 3. The van der Waals surface area contributed by atoms with Gasteiger partial charge in [0.1, 0.15) is 22.8 Å². The molecule has 192 valence electrons. The Bertz CT molecular complexity index is 1490. The second kappa shape index (κ2) is 7.88. The Balaban J connectivity index is 1.48. The number of hydrogen-bond donors (Lipinski definition) is 7. The Labute approximate surface area is 211 Å². The lowest BCUT2D eigenvalue weighted by Gasteiger charge is -2.48. The SMILES string of the molecule is NC(=O)C1=C(O)[C@@]2(O)C(=O)C3=C(O)c4c(cc5ccc(CNC6CC6)cc5c4O)C[C@H]3C[C@H]2[C@H](N)C1=O. The highest BCUT2D eigenvalue weighted by Gasteiger charge is 2.63. The predicted octanol–water partition coefficient (Wildman–Crippen LogP) is 0.766. The fourth-order valence-electron chi connectivity index (χ4n) is 6.19. The summed E-state index contributed by atoms with van der Waals surface area (Å²) in [6, 6.07) is 6.59. The van der Waals surface area contributed by atoms with E-state index in [2.05, 4.69) is 5.32 Å². The number of benzene rings is 2. The molecular weight excluding hydrogens is 478 g/mol. The lowest BCUT2D eigenvalue weighted by molar-refractivity contribution is -0.149. The van der Waals surface area contributed by atoms with Crippen molar-refractivity contribution in [3.8, 4) is 5.75 Å². The van der Waals surface area contributed by atoms with Gasteiger partial charge < -0.3 is 37.2 Å². The molecule has 2 fully saturated rings. The van der Waals surface area contributed by atoms with E-state index in [-0.39, 0.29) is 29.7 Å². The van der Waals surface area contributed by atoms with Crippen molar-refractivity contribution in [2.75, 3.05) is 0 Å². The second-order valence-corrected chi connectivity index (χ2v) is 10.5. The average Bonchev–Trinajstić information content (AvgIpc) is 3.68. The minimum absolute atomic E-state index is 0.0192. The van der Waals surface area contributed by atoms with E-state index in [1.54, 1.807) is 0 Å². The van der Waals surface area contributed by atoms with E-state index in [9.17, 15) is 34.8 Å². The first-order valence-electron chi connectivity index (χ1n) is 12.3. The van der Waals surface area contributed by atoms with Gasteiger partial charge in [-0.1, -0.05) is 18.2 Å². The van der Waals surface area contributed by atoms with Gasteiger partial charge in [-0.15, -0.1) is 0 Å². The van der Waals surface area contributed by atoms with Crippen molar-refractivity contribution >= 4 is 34.0 Å². The van der Waals surface area contributed by atoms with Crippen LogP contribution >= 0.6 is 0 Å². The van der Waals surface area contributed by atoms with Crippen LogP contribution < -0.4 is 16.8 Å². The highest BCUT2D eigenvalue weighted by molar-refractivity contribution is 6.24. The average molecular weight is 506 g/mol. The van der Waals surface area contributed by atoms with Crippen LogP contribution in [0.15, 0.2) is 41.2 Å². The first-order valence-corrected chi connectivity index (χ1v) is 12.3. The van der Waals surface area contributed by atoms with Gasteiger partial charge in [0, 0.05) is 29.5 Å². The summed E-state index contributed by atoms with van der Waals surface area (Å²) in [5.41, 5.74) is 9.10. The van der Waals surface area contributed by atoms with Crippen molar-refractivity contribution < 1.29 is 34.8 Å². The second-order valence-electron chi connectivity index (χ2n) is 10.5. The zero-order valence-corrected chi connectivity index (χ0v) is 19.8. The number of ketones is 2. The molecule has 10 nitrogen and oxygen atoms in total. The molecule has 37 heavy (non-hydrogen) atoms. The number of aliphatic hydroxyl groups excluding tert-OH is 2. The van der Waals surface area contributed by atoms with Crippen LogP contribution in [0, 0.1) is 11.8 Å². The molecule has 4 aliphatic carbocycles. The van der Waals surface area contributed by atoms with Crippen LogP contribution in [0.4, 0.5) is 0 Å². The van der Waals surface area contributed by atoms with Crippen LogP contribution in [0.2, 0.25) is 0 Å². The van der Waals surface area contributed by atoms with E-state index in [4.69, 9.17) is 11.5 Å². The number of rotatable bonds is 4. The summed E-state index contributed by atoms with van der Waals surface area (Å²) in [5.74, 6) is -7.05. The van der Waals surface area contributed by atoms with E-state index in [0.29, 0.717) is 23.5 Å². The zero-order chi connectivity index (χ0) is 26.4. The van der Waals surface area contributed by atoms with Gasteiger partial charge >= 0.3 is 0 Å². The van der Waals surface area contributed by atoms with Gasteiger partial charge in [-0.05, 0) is 54.2 Å². The van der Waals surface area contributed by atoms with Crippen LogP contribution in [0.1, 0.15) is 36.0 Å². The third kappa shape index (κ3) is 3.26. The number of carbonyl (C=O) groups excluding carboxylic acids is 3. The van der Waals surface area contributed by atoms with E-state index >= 15 is 0 Å². The van der Waals surface area contributed by atoms with E-state index in [1.165, 1.54) is 0 Å². The monoisotopic (exact) mass is 505 g/mol. The molecule has 2 saturated carbocycles. The van der Waals surface area contributed by atoms with Gasteiger partial charge in [-0.2, -0.15) is 0 Å². The van der Waals surface area contributed by atoms with Gasteiger partial charge in [-0.3, -0.25) is 14.4 Å². The number of nitrogens with two attached hydrogens (primary N) is 2. The van der Waals surface area contributed by atoms with Gasteiger partial charge in [0.15, 0.2) is 11.4 Å². The first-order chi connectivity index (χ1) is 17.5. The molecule has 1 amide bonds. The standard InChI is InChI=1S/C27H27N3O7/c28-20-16-8-13-7-12-6-11-2-1-10(9-30-14-3-4-14)5-15(11)21(31)17(12)22(32)18(13)24(34)27(16,37)25(35)19(23(20)33)26(29)36/h1-2,5-6,13-14,16,20,30-32,35,37H,3-4,7-9,28H2,(H2,29,36)/t13-,16-,20-,27-/m0/s1. The number of fused-ring (bicyclic) bond motifs is 4. The fraction of sp³-hybridized carbons (Fsp3) is 0.370. The molecule has 2 aromatic rings. The van der Waals surface area contributed by atoms with E-state index in [1.807, 2.05) is 24.3 Å². The number of aromatic hydroxyl groups is 1. The van der Waals surface area contributed by atoms with E-state index in [0.717, 1.165) is 23.8 Å². The molecule has 0 saturated heterocycles. The summed E-state index contributed by atoms with van der Waals surface area (Å²) >= 11 is 0. The zero-order valence-electron chi connectivity index (χ0n) is 19.8. The highest BCUT2D eigenvalue weighted by atomic mass is 16.3. The molecule has 9 N–H and O–H groups in total. The van der Waals surface area contributed by atoms with Crippen LogP contribution in [0.3, 0.4) is 0 Å². The molecule has 0 unspecified atom stereocenters. The normalized spacial score (nSPS) is 29.3. The van der Waals surface area contributed by atoms with Gasteiger partial charge in [0.2, 0.25) is 5.78 Å². The number of phenolic OH excluding ortho intramolecular Hbond substituents is 1. The predicted molar refractivity (Wildman–Crippen MR) is 132 cm³/mol. The molecule has 0 aromatic heterocycles. The number of nitrogens with one attached hydrogen (secondary N) is 1. The van der Waals surface area contributed by atoms with Crippen molar-refractivity contribution in [1.29, 1.82) is 0 Å². The smallest absolute Gasteiger partial charge is 0.255 e. The topological polar surface area (TPSA) is 196 Å². The van der Waals surface area contributed by atoms with Gasteiger partial charge in [0.05, 0.1) is 11.6 Å². The van der Waals surface area contributed by atoms with E-state index < -0.39 is 58.0 Å². The summed E-state index contributed by atoms with van der Waals surface area (Å²) in [4.78, 5) is 38.2. The molecule has 4 atom stereocenters. The Hall–Kier alpha value is -3.73. The number of phenols is 1. The molecule has 0 heterocycles. The number of Topliss-reactive ketones (excluding diaryl/α,β-unsaturated/α-hetero) is 2. The summed E-state index contributed by atoms with van der Waals surface area (Å²) in [6.45, 7) is 0.631. The third-order valence-corrected chi connectivity index (χ3v) is 8.29. The Morgan fingerprint density at radius 1 is 1.14 bits per heavy atom. The molecule has 10 heteroatoms. The summed E-state index contributed by atoms with van der Waals surface area (Å²) < 4.78 is 0. The molecule has 0 spiro atoms. The largest absolute Gasteiger partial charge is 0.508 e. The number of aliphatic hydroxyl groups is 3. The number of amides is 1. The molecule has 0 bridgehead atoms. The first kappa shape index (κ1) is 23.7. The Morgan fingerprint density at radius 3 is 2.54 bits per heavy atom. The van der Waals surface area contributed by atoms with Crippen LogP contribution in [-0.2, 0) is 27.3 Å². The minimum Gasteiger partial charge on any atom is -0.508 e. The number of primary amides is 1. The molecule has 6 rings (SSSR count). The molecule has 4 aliphatic rings. The maximum atomic E-state index is 13.7. The van der Waals surface area contributed by atoms with Crippen molar-refractivity contribution in [3.63, 3.8) is 0 Å². The third-order valence-electron chi connectivity index (χ3n) is 8.29. The number of hydrogen-bond acceptors (Lipinski definition) is 9. The van der Waals surface area contributed by atoms with Crippen LogP contribution in [-0.4, -0.2) is 55.6 Å². The quantitative estimate of drug-likeness (QED) is 0.293. The fourth-order valence-corrected chi connectivity index (χ4v) is 6.19. The van der Waals surface area contributed by atoms with Crippen molar-refractivity contribution in [3.05, 3.63) is 57.9 Å². The lowest BCUT2D eigenvalue weighted by atomic mass is 9.58. The van der Waals surface area contributed by atoms with Crippen LogP contribution in [0.25, 0.3) is 16.5 Å². The summed E-state index contributed by atoms with van der Waals surface area (Å²) in [5, 5.41) is 49.3. The van der Waals surface area contributed by atoms with Crippen molar-refractivity contribution in [1.82, 2.24) is 5.32 Å². The van der Waals surface area contributed by atoms with Gasteiger partial charge in [0.25, 0.3) is 5.91 Å².